The number of amides is 3. The van der Waals surface area contributed by atoms with E-state index in [9.17, 15) is 24.9 Å². The second kappa shape index (κ2) is 36.8. The Bertz CT molecular complexity index is 4470. The van der Waals surface area contributed by atoms with Crippen molar-refractivity contribution < 1.29 is 28.6 Å². The van der Waals surface area contributed by atoms with Crippen molar-refractivity contribution in [2.75, 3.05) is 106 Å². The molecule has 3 amide bonds. The summed E-state index contributed by atoms with van der Waals surface area (Å²) in [5.74, 6) is 2.25. The van der Waals surface area contributed by atoms with Crippen LogP contribution in [0.2, 0.25) is 0 Å². The molecular formula is C78H92BBr3N17O6S. The van der Waals surface area contributed by atoms with E-state index < -0.39 is 0 Å². The molecule has 0 saturated carbocycles. The number of halogens is 3. The summed E-state index contributed by atoms with van der Waals surface area (Å²) in [4.78, 5) is 46.0. The summed E-state index contributed by atoms with van der Waals surface area (Å²) < 4.78 is 28.8. The van der Waals surface area contributed by atoms with Gasteiger partial charge in [-0.3, -0.25) is 28.4 Å². The van der Waals surface area contributed by atoms with Crippen molar-refractivity contribution in [3.05, 3.63) is 153 Å². The van der Waals surface area contributed by atoms with Gasteiger partial charge in [-0.1, -0.05) is 34.1 Å². The molecule has 28 heteroatoms. The van der Waals surface area contributed by atoms with Crippen LogP contribution in [0.5, 0.6) is 0 Å². The zero-order valence-electron chi connectivity index (χ0n) is 60.7. The SMILES string of the molecule is Brc1ccc2c(c1)NCCC2.CC(=O)N1CCc2c(c(Br)nn2C2CCOCC2)C1.CC(=O)N1CCc2c(c(N3CCCc4cc(Br)c(C#N)cc43)nn2C2CCOCC2)C1.CC(=O)N1CCc2c(c(N3CCCc4ccc(C#N)cc43)nn2C2CCOCC2)C1.N#Cc1ccc2c(c1)NCCC2.[B]=NS. The quantitative estimate of drug-likeness (QED) is 0.107. The Morgan fingerprint density at radius 1 is 0.500 bits per heavy atom. The molecule has 10 aliphatic heterocycles. The molecule has 0 aliphatic carbocycles. The summed E-state index contributed by atoms with van der Waals surface area (Å²) in [6.45, 7) is 17.6. The molecule has 10 aliphatic rings. The van der Waals surface area contributed by atoms with Gasteiger partial charge in [0.1, 0.15) is 10.7 Å². The monoisotopic (exact) mass is 1640 g/mol. The predicted octanol–water partition coefficient (Wildman–Crippen LogP) is 13.8. The predicted molar refractivity (Wildman–Crippen MR) is 423 cm³/mol. The number of hydrogen-bond donors (Lipinski definition) is 3. The van der Waals surface area contributed by atoms with Crippen LogP contribution >= 0.6 is 60.6 Å². The van der Waals surface area contributed by atoms with Crippen molar-refractivity contribution >= 4 is 120 Å². The molecule has 23 nitrogen and oxygen atoms in total. The number of carbonyl (C=O) groups excluding carboxylic acids is 3. The van der Waals surface area contributed by atoms with E-state index in [0.29, 0.717) is 48.9 Å². The fourth-order valence-electron chi connectivity index (χ4n) is 15.9. The molecule has 0 spiro atoms. The molecule has 13 heterocycles. The van der Waals surface area contributed by atoms with Crippen LogP contribution in [-0.2, 0) is 93.2 Å². The number of carbonyl (C=O) groups is 3. The topological polar surface area (TPSA) is 256 Å². The second-order valence-electron chi connectivity index (χ2n) is 28.1. The number of fused-ring (bicyclic) bond motifs is 7. The maximum absolute atomic E-state index is 12.2. The molecule has 1 radical (unpaired) electrons. The average Bonchev–Trinajstić information content (AvgIpc) is 1.59. The van der Waals surface area contributed by atoms with Gasteiger partial charge >= 0.3 is 24.8 Å². The van der Waals surface area contributed by atoms with Crippen LogP contribution in [0.4, 0.5) is 34.4 Å². The Morgan fingerprint density at radius 2 is 0.906 bits per heavy atom. The summed E-state index contributed by atoms with van der Waals surface area (Å²) in [6, 6.07) is 30.1. The Morgan fingerprint density at radius 3 is 1.38 bits per heavy atom. The van der Waals surface area contributed by atoms with Crippen molar-refractivity contribution in [2.45, 2.75) is 168 Å². The number of hydrogen-bond acceptors (Lipinski definition) is 18. The van der Waals surface area contributed by atoms with Gasteiger partial charge in [-0.05, 0) is 193 Å². The van der Waals surface area contributed by atoms with Gasteiger partial charge in [0, 0.05) is 191 Å². The summed E-state index contributed by atoms with van der Waals surface area (Å²) in [5, 5.41) is 49.3. The van der Waals surface area contributed by atoms with E-state index in [-0.39, 0.29) is 17.7 Å². The van der Waals surface area contributed by atoms with Crippen molar-refractivity contribution in [1.82, 2.24) is 44.0 Å². The van der Waals surface area contributed by atoms with Crippen LogP contribution in [0.15, 0.2) is 84.6 Å². The van der Waals surface area contributed by atoms with Gasteiger partial charge in [-0.2, -0.15) is 31.1 Å². The van der Waals surface area contributed by atoms with Crippen LogP contribution in [0.3, 0.4) is 0 Å². The molecule has 0 unspecified atom stereocenters. The van der Waals surface area contributed by atoms with Crippen LogP contribution in [-0.4, -0.2) is 155 Å². The number of aryl methyl sites for hydroxylation is 4. The second-order valence-corrected chi connectivity index (χ2v) is 30.9. The number of benzene rings is 4. The number of nitrogens with one attached hydrogen (secondary N) is 2. The minimum atomic E-state index is 0.102. The van der Waals surface area contributed by atoms with Gasteiger partial charge < -0.3 is 49.3 Å². The third-order valence-corrected chi connectivity index (χ3v) is 23.3. The molecule has 3 saturated heterocycles. The van der Waals surface area contributed by atoms with Crippen LogP contribution in [0.25, 0.3) is 0 Å². The zero-order valence-corrected chi connectivity index (χ0v) is 66.4. The maximum atomic E-state index is 12.2. The number of ether oxygens (including phenoxy) is 3. The first kappa shape index (κ1) is 77.7. The third kappa shape index (κ3) is 18.3. The standard InChI is InChI=1S/C23H26BrN5O2.C23H27N5O2.C13H18BrN3O2.C10H10N2.C9H10BrN.BHNS/c1-15(30)27-8-4-21-19(14-27)23(26-29(21)18-5-9-31-10-6-18)28-7-2-3-16-11-20(24)17(13-25)12-22(16)28;1-16(29)26-10-6-21-20(15-26)23(25-28(21)19-7-11-30-12-8-19)27-9-2-3-18-5-4-17(14-24)13-22(18)27;1-9(18)16-5-2-12-11(8-16)13(14)15-17(12)10-3-6-19-7-4-10;11-7-8-3-4-9-2-1-5-12-10(9)6-8;10-8-4-3-7-2-1-5-11-9(7)6-8;1-2-3/h11-12,18H,2-10,14H2,1H3;4-5,13,19H,2-3,6-12,15H2,1H3;10H,2-8H2,1H3;3-4,6,12H,1-2,5H2;3-4,6,11H,1-2,5H2;3H. The fourth-order valence-corrected chi connectivity index (χ4v) is 17.3. The van der Waals surface area contributed by atoms with Crippen molar-refractivity contribution in [3.8, 4) is 18.2 Å². The molecule has 3 fully saturated rings. The Balaban J connectivity index is 0.000000130. The van der Waals surface area contributed by atoms with Crippen molar-refractivity contribution in [1.29, 1.82) is 15.8 Å². The molecule has 0 atom stereocenters. The summed E-state index contributed by atoms with van der Waals surface area (Å²) in [7, 11) is 4.34. The number of anilines is 6. The Labute approximate surface area is 653 Å². The summed E-state index contributed by atoms with van der Waals surface area (Å²) >= 11 is 13.7. The number of aromatic nitrogens is 6. The van der Waals surface area contributed by atoms with Gasteiger partial charge in [0.15, 0.2) is 11.6 Å². The van der Waals surface area contributed by atoms with E-state index in [1.807, 2.05) is 51.1 Å². The van der Waals surface area contributed by atoms with Gasteiger partial charge in [-0.25, -0.2) is 0 Å². The molecule has 3 aromatic heterocycles. The third-order valence-electron chi connectivity index (χ3n) is 21.6. The van der Waals surface area contributed by atoms with Gasteiger partial charge in [0.25, 0.3) is 0 Å². The minimum absolute atomic E-state index is 0.102. The van der Waals surface area contributed by atoms with E-state index in [0.717, 1.165) is 234 Å². The van der Waals surface area contributed by atoms with E-state index >= 15 is 0 Å². The zero-order chi connectivity index (χ0) is 74.4. The Hall–Kier alpha value is -7.88. The fraction of sp³-hybridized carbons (Fsp3) is 0.500. The molecule has 106 heavy (non-hydrogen) atoms. The van der Waals surface area contributed by atoms with Crippen LogP contribution < -0.4 is 20.4 Å². The van der Waals surface area contributed by atoms with Gasteiger partial charge in [-0.15, -0.1) is 0 Å². The van der Waals surface area contributed by atoms with Crippen LogP contribution in [0.1, 0.15) is 176 Å². The Kier molecular flexibility index (Phi) is 27.0. The summed E-state index contributed by atoms with van der Waals surface area (Å²) in [5.41, 5.74) is 19.2. The van der Waals surface area contributed by atoms with E-state index in [1.165, 1.54) is 69.8 Å². The van der Waals surface area contributed by atoms with Crippen molar-refractivity contribution in [2.24, 2.45) is 4.30 Å². The molecular weight excluding hydrogens is 1550 g/mol. The molecule has 0 bridgehead atoms. The first-order valence-electron chi connectivity index (χ1n) is 37.2. The first-order valence-corrected chi connectivity index (χ1v) is 39.9. The molecule has 7 aromatic rings. The number of nitrogens with zero attached hydrogens (tertiary/aromatic N) is 15. The van der Waals surface area contributed by atoms with E-state index in [1.54, 1.807) is 20.8 Å². The van der Waals surface area contributed by atoms with E-state index in [2.05, 4.69) is 161 Å². The van der Waals surface area contributed by atoms with E-state index in [4.69, 9.17) is 29.7 Å². The van der Waals surface area contributed by atoms with Gasteiger partial charge in [0.05, 0.1) is 66.6 Å². The number of rotatable bonds is 5. The van der Waals surface area contributed by atoms with Crippen LogP contribution in [0, 0.1) is 34.0 Å². The molecule has 555 valence electrons. The summed E-state index contributed by atoms with van der Waals surface area (Å²) in [6.07, 6.45) is 17.3. The normalized spacial score (nSPS) is 18.0. The average molecular weight is 1650 g/mol. The molecule has 17 rings (SSSR count). The molecule has 2 N–H and O–H groups in total. The van der Waals surface area contributed by atoms with Crippen molar-refractivity contribution in [3.63, 3.8) is 0 Å². The first-order chi connectivity index (χ1) is 51.6. The number of thiol groups is 1. The number of nitriles is 3. The van der Waals surface area contributed by atoms with Gasteiger partial charge in [0.2, 0.25) is 17.7 Å². The molecule has 4 aromatic carbocycles.